The number of ether oxygens (including phenoxy) is 1. The van der Waals surface area contributed by atoms with Crippen molar-refractivity contribution in [3.63, 3.8) is 0 Å². The molecule has 5 nitrogen and oxygen atoms in total. The number of thiophene rings is 1. The highest BCUT2D eigenvalue weighted by atomic mass is 32.1. The van der Waals surface area contributed by atoms with Crippen LogP contribution in [-0.4, -0.2) is 45.3 Å². The van der Waals surface area contributed by atoms with Gasteiger partial charge in [0, 0.05) is 28.0 Å². The molecule has 1 aromatic heterocycles. The van der Waals surface area contributed by atoms with E-state index < -0.39 is 48.5 Å². The summed E-state index contributed by atoms with van der Waals surface area (Å²) in [4.78, 5) is 0.710. The molecule has 0 spiro atoms. The molecule has 4 unspecified atom stereocenters. The minimum Gasteiger partial charge on any atom is -0.508 e. The van der Waals surface area contributed by atoms with E-state index in [1.165, 1.54) is 17.4 Å². The monoisotopic (exact) mass is 454 g/mol. The second-order valence-electron chi connectivity index (χ2n) is 7.65. The number of rotatable bonds is 4. The standard InChI is InChI=1S/C22H21F3O5S/c23-22(24,25)16-9-17(27)15(21-20(29)18(28)8-13(10-26)30-21)7-12(16)6-14-5-11-3-1-2-4-19(11)31-14/h1-5,7,9,13,18,20-21,26-29H,6,8,10H2. The predicted octanol–water partition coefficient (Wildman–Crippen LogP) is 3.76. The molecule has 4 N–H and O–H groups in total. The normalized spacial score (nSPS) is 24.6. The summed E-state index contributed by atoms with van der Waals surface area (Å²) in [5.74, 6) is -0.692. The zero-order valence-electron chi connectivity index (χ0n) is 16.2. The van der Waals surface area contributed by atoms with E-state index in [1.807, 2.05) is 30.3 Å². The van der Waals surface area contributed by atoms with Crippen LogP contribution < -0.4 is 0 Å². The lowest BCUT2D eigenvalue weighted by Crippen LogP contribution is -2.44. The topological polar surface area (TPSA) is 90.2 Å². The number of fused-ring (bicyclic) bond motifs is 1. The molecule has 0 bridgehead atoms. The van der Waals surface area contributed by atoms with Gasteiger partial charge in [-0.25, -0.2) is 0 Å². The molecule has 1 saturated heterocycles. The molecule has 2 heterocycles. The van der Waals surface area contributed by atoms with E-state index in [0.29, 0.717) is 10.9 Å². The van der Waals surface area contributed by atoms with Gasteiger partial charge < -0.3 is 25.2 Å². The molecule has 0 amide bonds. The van der Waals surface area contributed by atoms with Gasteiger partial charge in [-0.05, 0) is 35.2 Å². The Hall–Kier alpha value is -2.17. The zero-order valence-corrected chi connectivity index (χ0v) is 17.0. The van der Waals surface area contributed by atoms with Crippen LogP contribution in [0.25, 0.3) is 10.1 Å². The zero-order chi connectivity index (χ0) is 22.3. The number of aliphatic hydroxyl groups excluding tert-OH is 3. The molecule has 1 aliphatic rings. The van der Waals surface area contributed by atoms with E-state index in [4.69, 9.17) is 4.74 Å². The Morgan fingerprint density at radius 3 is 2.52 bits per heavy atom. The first kappa shape index (κ1) is 22.0. The van der Waals surface area contributed by atoms with Crippen LogP contribution in [-0.2, 0) is 17.3 Å². The highest BCUT2D eigenvalue weighted by Gasteiger charge is 2.40. The van der Waals surface area contributed by atoms with Crippen molar-refractivity contribution in [2.75, 3.05) is 6.61 Å². The maximum absolute atomic E-state index is 13.7. The van der Waals surface area contributed by atoms with Gasteiger partial charge in [0.15, 0.2) is 0 Å². The fraction of sp³-hybridized carbons (Fsp3) is 0.364. The highest BCUT2D eigenvalue weighted by Crippen LogP contribution is 2.42. The number of benzene rings is 2. The van der Waals surface area contributed by atoms with Gasteiger partial charge in [-0.3, -0.25) is 0 Å². The summed E-state index contributed by atoms with van der Waals surface area (Å²) < 4.78 is 47.6. The Bertz CT molecular complexity index is 1050. The van der Waals surface area contributed by atoms with Crippen LogP contribution >= 0.6 is 11.3 Å². The Labute approximate surface area is 180 Å². The van der Waals surface area contributed by atoms with Gasteiger partial charge in [0.05, 0.1) is 24.4 Å². The van der Waals surface area contributed by atoms with Crippen LogP contribution in [0.2, 0.25) is 0 Å². The number of alkyl halides is 3. The number of aromatic hydroxyl groups is 1. The maximum Gasteiger partial charge on any atom is 0.416 e. The lowest BCUT2D eigenvalue weighted by atomic mass is 9.90. The minimum absolute atomic E-state index is 0.0236. The van der Waals surface area contributed by atoms with Gasteiger partial charge in [0.25, 0.3) is 0 Å². The third kappa shape index (κ3) is 4.42. The average molecular weight is 454 g/mol. The molecule has 4 atom stereocenters. The van der Waals surface area contributed by atoms with Crippen molar-refractivity contribution >= 4 is 21.4 Å². The SMILES string of the molecule is OCC1CC(O)C(O)C(c2cc(Cc3cc4ccccc4s3)c(C(F)(F)F)cc2O)O1. The molecular weight excluding hydrogens is 433 g/mol. The molecule has 0 radical (unpaired) electrons. The number of hydrogen-bond acceptors (Lipinski definition) is 6. The van der Waals surface area contributed by atoms with Gasteiger partial charge in [-0.2, -0.15) is 13.2 Å². The summed E-state index contributed by atoms with van der Waals surface area (Å²) in [6.45, 7) is -0.434. The molecule has 9 heteroatoms. The molecule has 4 rings (SSSR count). The van der Waals surface area contributed by atoms with Gasteiger partial charge in [0.2, 0.25) is 0 Å². The first-order chi connectivity index (χ1) is 14.7. The Morgan fingerprint density at radius 2 is 1.84 bits per heavy atom. The molecule has 3 aromatic rings. The number of phenolic OH excluding ortho intramolecular Hbond substituents is 1. The Kier molecular flexibility index (Phi) is 5.97. The van der Waals surface area contributed by atoms with Gasteiger partial charge >= 0.3 is 6.18 Å². The fourth-order valence-corrected chi connectivity index (χ4v) is 5.02. The van der Waals surface area contributed by atoms with Crippen molar-refractivity contribution in [3.05, 3.63) is 64.0 Å². The van der Waals surface area contributed by atoms with E-state index in [2.05, 4.69) is 0 Å². The van der Waals surface area contributed by atoms with Gasteiger partial charge in [0.1, 0.15) is 18.0 Å². The van der Waals surface area contributed by atoms with E-state index in [-0.39, 0.29) is 24.0 Å². The number of halogens is 3. The quantitative estimate of drug-likeness (QED) is 0.482. The predicted molar refractivity (Wildman–Crippen MR) is 109 cm³/mol. The summed E-state index contributed by atoms with van der Waals surface area (Å²) in [5, 5.41) is 41.1. The van der Waals surface area contributed by atoms with Crippen LogP contribution in [0.4, 0.5) is 13.2 Å². The largest absolute Gasteiger partial charge is 0.508 e. The smallest absolute Gasteiger partial charge is 0.416 e. The van der Waals surface area contributed by atoms with Crippen LogP contribution in [0.15, 0.2) is 42.5 Å². The van der Waals surface area contributed by atoms with Gasteiger partial charge in [-0.15, -0.1) is 11.3 Å². The van der Waals surface area contributed by atoms with Crippen LogP contribution in [0.3, 0.4) is 0 Å². The summed E-state index contributed by atoms with van der Waals surface area (Å²) in [6, 6.07) is 11.1. The molecule has 1 aliphatic heterocycles. The summed E-state index contributed by atoms with van der Waals surface area (Å²) >= 11 is 1.38. The average Bonchev–Trinajstić information content (AvgIpc) is 3.12. The van der Waals surface area contributed by atoms with Crippen molar-refractivity contribution in [1.29, 1.82) is 0 Å². The molecule has 31 heavy (non-hydrogen) atoms. The molecule has 0 aliphatic carbocycles. The summed E-state index contributed by atoms with van der Waals surface area (Å²) in [6.07, 6.45) is -9.53. The third-order valence-electron chi connectivity index (χ3n) is 5.46. The molecule has 166 valence electrons. The van der Waals surface area contributed by atoms with Crippen LogP contribution in [0.5, 0.6) is 5.75 Å². The maximum atomic E-state index is 13.7. The number of phenols is 1. The fourth-order valence-electron chi connectivity index (χ4n) is 3.93. The highest BCUT2D eigenvalue weighted by molar-refractivity contribution is 7.19. The lowest BCUT2D eigenvalue weighted by Gasteiger charge is -2.37. The van der Waals surface area contributed by atoms with Crippen LogP contribution in [0, 0.1) is 0 Å². The van der Waals surface area contributed by atoms with Crippen molar-refractivity contribution in [1.82, 2.24) is 0 Å². The first-order valence-electron chi connectivity index (χ1n) is 9.70. The van der Waals surface area contributed by atoms with Crippen molar-refractivity contribution in [2.24, 2.45) is 0 Å². The van der Waals surface area contributed by atoms with Crippen LogP contribution in [0.1, 0.15) is 34.1 Å². The van der Waals surface area contributed by atoms with Crippen molar-refractivity contribution in [2.45, 2.75) is 43.4 Å². The summed E-state index contributed by atoms with van der Waals surface area (Å²) in [7, 11) is 0. The number of hydrogen-bond donors (Lipinski definition) is 4. The molecule has 2 aromatic carbocycles. The van der Waals surface area contributed by atoms with E-state index >= 15 is 0 Å². The van der Waals surface area contributed by atoms with E-state index in [9.17, 15) is 33.6 Å². The van der Waals surface area contributed by atoms with Crippen molar-refractivity contribution in [3.8, 4) is 5.75 Å². The molecule has 0 saturated carbocycles. The molecular formula is C22H21F3O5S. The minimum atomic E-state index is -4.69. The first-order valence-corrected chi connectivity index (χ1v) is 10.5. The third-order valence-corrected chi connectivity index (χ3v) is 6.57. The van der Waals surface area contributed by atoms with E-state index in [0.717, 1.165) is 10.1 Å². The Morgan fingerprint density at radius 1 is 1.10 bits per heavy atom. The molecule has 1 fully saturated rings. The number of aliphatic hydroxyl groups is 3. The Balaban J connectivity index is 1.77. The lowest BCUT2D eigenvalue weighted by molar-refractivity contribution is -0.180. The second kappa shape index (κ2) is 8.40. The van der Waals surface area contributed by atoms with Gasteiger partial charge in [-0.1, -0.05) is 18.2 Å². The van der Waals surface area contributed by atoms with Crippen molar-refractivity contribution < 1.29 is 38.3 Å². The summed E-state index contributed by atoms with van der Waals surface area (Å²) in [5.41, 5.74) is -1.12. The second-order valence-corrected chi connectivity index (χ2v) is 8.82. The van der Waals surface area contributed by atoms with E-state index in [1.54, 1.807) is 0 Å².